The SMILES string of the molecule is CC(NC(=O)NC1CCCCC1)c1nnnn1-c1ccc(Br)cc1. The second kappa shape index (κ2) is 7.74. The van der Waals surface area contributed by atoms with Gasteiger partial charge in [-0.05, 0) is 54.5 Å². The van der Waals surface area contributed by atoms with E-state index in [0.29, 0.717) is 5.82 Å². The summed E-state index contributed by atoms with van der Waals surface area (Å²) in [5.41, 5.74) is 0.847. The van der Waals surface area contributed by atoms with Crippen LogP contribution < -0.4 is 10.6 Å². The van der Waals surface area contributed by atoms with Gasteiger partial charge >= 0.3 is 6.03 Å². The lowest BCUT2D eigenvalue weighted by Crippen LogP contribution is -2.44. The molecule has 0 bridgehead atoms. The van der Waals surface area contributed by atoms with Crippen molar-refractivity contribution in [2.45, 2.75) is 51.1 Å². The summed E-state index contributed by atoms with van der Waals surface area (Å²) in [6.07, 6.45) is 5.74. The monoisotopic (exact) mass is 392 g/mol. The molecule has 1 aliphatic carbocycles. The summed E-state index contributed by atoms with van der Waals surface area (Å²) in [7, 11) is 0. The van der Waals surface area contributed by atoms with Crippen molar-refractivity contribution < 1.29 is 4.79 Å². The van der Waals surface area contributed by atoms with Crippen LogP contribution in [0.1, 0.15) is 50.9 Å². The molecule has 24 heavy (non-hydrogen) atoms. The number of nitrogens with one attached hydrogen (secondary N) is 2. The number of hydrogen-bond donors (Lipinski definition) is 2. The van der Waals surface area contributed by atoms with Crippen LogP contribution >= 0.6 is 15.9 Å². The first-order chi connectivity index (χ1) is 11.6. The fourth-order valence-electron chi connectivity index (χ4n) is 2.97. The number of carbonyl (C=O) groups excluding carboxylic acids is 1. The van der Waals surface area contributed by atoms with Gasteiger partial charge in [-0.2, -0.15) is 4.68 Å². The van der Waals surface area contributed by atoms with E-state index in [1.807, 2.05) is 31.2 Å². The maximum Gasteiger partial charge on any atom is 0.315 e. The van der Waals surface area contributed by atoms with Crippen molar-refractivity contribution in [3.63, 3.8) is 0 Å². The number of tetrazole rings is 1. The lowest BCUT2D eigenvalue weighted by atomic mass is 9.96. The minimum absolute atomic E-state index is 0.167. The molecule has 1 fully saturated rings. The second-order valence-corrected chi connectivity index (χ2v) is 7.02. The highest BCUT2D eigenvalue weighted by Gasteiger charge is 2.20. The van der Waals surface area contributed by atoms with E-state index in [1.165, 1.54) is 19.3 Å². The Kier molecular flexibility index (Phi) is 5.44. The molecule has 1 aromatic carbocycles. The summed E-state index contributed by atoms with van der Waals surface area (Å²) < 4.78 is 2.62. The Labute approximate surface area is 149 Å². The Balaban J connectivity index is 1.65. The summed E-state index contributed by atoms with van der Waals surface area (Å²) in [6, 6.07) is 7.49. The molecule has 1 saturated carbocycles. The number of aromatic nitrogens is 4. The van der Waals surface area contributed by atoms with Crippen LogP contribution in [0.25, 0.3) is 5.69 Å². The topological polar surface area (TPSA) is 84.7 Å². The minimum Gasteiger partial charge on any atom is -0.335 e. The van der Waals surface area contributed by atoms with E-state index in [1.54, 1.807) is 4.68 Å². The number of halogens is 1. The molecule has 8 heteroatoms. The van der Waals surface area contributed by atoms with E-state index in [2.05, 4.69) is 42.1 Å². The van der Waals surface area contributed by atoms with Crippen LogP contribution in [0.2, 0.25) is 0 Å². The highest BCUT2D eigenvalue weighted by atomic mass is 79.9. The van der Waals surface area contributed by atoms with Gasteiger partial charge in [0, 0.05) is 10.5 Å². The van der Waals surface area contributed by atoms with E-state index in [-0.39, 0.29) is 18.1 Å². The lowest BCUT2D eigenvalue weighted by Gasteiger charge is -2.24. The zero-order valence-electron chi connectivity index (χ0n) is 13.6. The standard InChI is InChI=1S/C16H21BrN6O/c1-11(18-16(24)19-13-5-3-2-4-6-13)15-20-21-22-23(15)14-9-7-12(17)8-10-14/h7-11,13H,2-6H2,1H3,(H2,18,19,24). The fraction of sp³-hybridized carbons (Fsp3) is 0.500. The number of rotatable bonds is 4. The number of urea groups is 1. The number of amides is 2. The van der Waals surface area contributed by atoms with Crippen LogP contribution in [0.5, 0.6) is 0 Å². The van der Waals surface area contributed by atoms with Crippen molar-refractivity contribution >= 4 is 22.0 Å². The van der Waals surface area contributed by atoms with Crippen molar-refractivity contribution in [1.82, 2.24) is 30.8 Å². The fourth-order valence-corrected chi connectivity index (χ4v) is 3.23. The lowest BCUT2D eigenvalue weighted by molar-refractivity contribution is 0.229. The molecule has 1 aromatic heterocycles. The van der Waals surface area contributed by atoms with Crippen LogP contribution in [0.3, 0.4) is 0 Å². The Morgan fingerprint density at radius 3 is 2.67 bits per heavy atom. The first-order valence-corrected chi connectivity index (χ1v) is 9.04. The smallest absolute Gasteiger partial charge is 0.315 e. The molecule has 2 amide bonds. The minimum atomic E-state index is -0.299. The van der Waals surface area contributed by atoms with E-state index in [4.69, 9.17) is 0 Å². The zero-order chi connectivity index (χ0) is 16.9. The third-order valence-electron chi connectivity index (χ3n) is 4.24. The van der Waals surface area contributed by atoms with Crippen LogP contribution in [0, 0.1) is 0 Å². The Morgan fingerprint density at radius 1 is 1.25 bits per heavy atom. The molecule has 7 nitrogen and oxygen atoms in total. The van der Waals surface area contributed by atoms with Crippen molar-refractivity contribution in [2.24, 2.45) is 0 Å². The van der Waals surface area contributed by atoms with Gasteiger partial charge in [0.25, 0.3) is 0 Å². The van der Waals surface area contributed by atoms with Gasteiger partial charge in [-0.3, -0.25) is 0 Å². The quantitative estimate of drug-likeness (QED) is 0.836. The van der Waals surface area contributed by atoms with Crippen molar-refractivity contribution in [1.29, 1.82) is 0 Å². The maximum atomic E-state index is 12.2. The zero-order valence-corrected chi connectivity index (χ0v) is 15.2. The van der Waals surface area contributed by atoms with Gasteiger partial charge in [0.15, 0.2) is 5.82 Å². The average molecular weight is 393 g/mol. The Bertz CT molecular complexity index is 680. The largest absolute Gasteiger partial charge is 0.335 e. The Morgan fingerprint density at radius 2 is 1.96 bits per heavy atom. The first-order valence-electron chi connectivity index (χ1n) is 8.25. The second-order valence-electron chi connectivity index (χ2n) is 6.10. The molecule has 2 N–H and O–H groups in total. The summed E-state index contributed by atoms with van der Waals surface area (Å²) in [5, 5.41) is 17.8. The van der Waals surface area contributed by atoms with Crippen molar-refractivity contribution in [2.75, 3.05) is 0 Å². The predicted molar refractivity (Wildman–Crippen MR) is 93.8 cm³/mol. The van der Waals surface area contributed by atoms with E-state index < -0.39 is 0 Å². The van der Waals surface area contributed by atoms with Crippen LogP contribution in [-0.4, -0.2) is 32.3 Å². The van der Waals surface area contributed by atoms with Gasteiger partial charge in [0.05, 0.1) is 11.7 Å². The van der Waals surface area contributed by atoms with Crippen LogP contribution in [-0.2, 0) is 0 Å². The molecule has 3 rings (SSSR count). The number of carbonyl (C=O) groups is 1. The summed E-state index contributed by atoms with van der Waals surface area (Å²) in [5.74, 6) is 0.594. The molecule has 0 radical (unpaired) electrons. The molecule has 1 aliphatic rings. The van der Waals surface area contributed by atoms with Gasteiger partial charge in [-0.25, -0.2) is 4.79 Å². The van der Waals surface area contributed by atoms with Crippen LogP contribution in [0.15, 0.2) is 28.7 Å². The molecule has 1 heterocycles. The van der Waals surface area contributed by atoms with Gasteiger partial charge in [-0.1, -0.05) is 35.2 Å². The number of benzene rings is 1. The van der Waals surface area contributed by atoms with Gasteiger partial charge in [0.1, 0.15) is 0 Å². The normalized spacial score (nSPS) is 16.6. The van der Waals surface area contributed by atoms with Crippen molar-refractivity contribution in [3.05, 3.63) is 34.6 Å². The Hall–Kier alpha value is -1.96. The molecule has 0 saturated heterocycles. The van der Waals surface area contributed by atoms with Gasteiger partial charge in [-0.15, -0.1) is 5.10 Å². The van der Waals surface area contributed by atoms with E-state index >= 15 is 0 Å². The summed E-state index contributed by atoms with van der Waals surface area (Å²) in [6.45, 7) is 1.88. The summed E-state index contributed by atoms with van der Waals surface area (Å²) in [4.78, 5) is 12.2. The molecule has 0 spiro atoms. The van der Waals surface area contributed by atoms with Gasteiger partial charge in [0.2, 0.25) is 0 Å². The van der Waals surface area contributed by atoms with Crippen molar-refractivity contribution in [3.8, 4) is 5.69 Å². The highest BCUT2D eigenvalue weighted by Crippen LogP contribution is 2.18. The molecule has 1 unspecified atom stereocenters. The van der Waals surface area contributed by atoms with Crippen LogP contribution in [0.4, 0.5) is 4.79 Å². The average Bonchev–Trinajstić information content (AvgIpc) is 3.06. The summed E-state index contributed by atoms with van der Waals surface area (Å²) >= 11 is 3.41. The molecule has 0 aliphatic heterocycles. The molecule has 2 aromatic rings. The molecular formula is C16H21BrN6O. The van der Waals surface area contributed by atoms with Gasteiger partial charge < -0.3 is 10.6 Å². The first kappa shape index (κ1) is 16.9. The number of hydrogen-bond acceptors (Lipinski definition) is 4. The third-order valence-corrected chi connectivity index (χ3v) is 4.77. The van der Waals surface area contributed by atoms with E-state index in [9.17, 15) is 4.79 Å². The molecular weight excluding hydrogens is 372 g/mol. The highest BCUT2D eigenvalue weighted by molar-refractivity contribution is 9.10. The molecule has 128 valence electrons. The number of nitrogens with zero attached hydrogens (tertiary/aromatic N) is 4. The predicted octanol–water partition coefficient (Wildman–Crippen LogP) is 3.12. The molecule has 1 atom stereocenters. The third kappa shape index (κ3) is 4.11. The maximum absolute atomic E-state index is 12.2. The van der Waals surface area contributed by atoms with E-state index in [0.717, 1.165) is 23.0 Å².